The second-order valence-electron chi connectivity index (χ2n) is 6.77. The largest absolute Gasteiger partial charge is 0.459 e. The second-order valence-corrected chi connectivity index (χ2v) is 6.77. The fourth-order valence-corrected chi connectivity index (χ4v) is 2.54. The Bertz CT molecular complexity index is 687. The first-order chi connectivity index (χ1) is 11.4. The summed E-state index contributed by atoms with van der Waals surface area (Å²) in [5.74, 6) is 1.57. The van der Waals surface area contributed by atoms with Crippen molar-refractivity contribution in [3.8, 4) is 0 Å². The minimum absolute atomic E-state index is 0.0816. The van der Waals surface area contributed by atoms with Crippen LogP contribution < -0.4 is 10.2 Å². The highest BCUT2D eigenvalue weighted by atomic mass is 16.3. The average Bonchev–Trinajstić information content (AvgIpc) is 3.07. The fraction of sp³-hybridized carbons (Fsp3) is 0.500. The van der Waals surface area contributed by atoms with Crippen molar-refractivity contribution in [1.29, 1.82) is 0 Å². The molecule has 0 saturated carbocycles. The molecule has 1 amide bonds. The molecule has 1 aliphatic rings. The van der Waals surface area contributed by atoms with Crippen LogP contribution in [0.3, 0.4) is 0 Å². The number of nitrogens with zero attached hydrogens (tertiary/aromatic N) is 5. The molecule has 1 N–H and O–H groups in total. The van der Waals surface area contributed by atoms with E-state index in [0.717, 1.165) is 0 Å². The molecule has 0 aromatic carbocycles. The predicted molar refractivity (Wildman–Crippen MR) is 90.0 cm³/mol. The maximum atomic E-state index is 12.3. The summed E-state index contributed by atoms with van der Waals surface area (Å²) in [4.78, 5) is 20.6. The molecule has 0 aliphatic carbocycles. The van der Waals surface area contributed by atoms with Gasteiger partial charge >= 0.3 is 0 Å². The molecule has 0 bridgehead atoms. The highest BCUT2D eigenvalue weighted by Gasteiger charge is 2.25. The highest BCUT2D eigenvalue weighted by molar-refractivity contribution is 5.91. The van der Waals surface area contributed by atoms with Crippen molar-refractivity contribution in [2.45, 2.75) is 26.3 Å². The van der Waals surface area contributed by atoms with Gasteiger partial charge in [-0.25, -0.2) is 0 Å². The lowest BCUT2D eigenvalue weighted by Crippen LogP contribution is -2.49. The maximum absolute atomic E-state index is 12.3. The van der Waals surface area contributed by atoms with E-state index in [-0.39, 0.29) is 11.4 Å². The zero-order chi connectivity index (χ0) is 17.2. The van der Waals surface area contributed by atoms with Gasteiger partial charge in [0.15, 0.2) is 11.6 Å². The van der Waals surface area contributed by atoms with Gasteiger partial charge in [-0.2, -0.15) is 10.1 Å². The molecule has 8 heteroatoms. The molecule has 0 atom stereocenters. The first-order valence-corrected chi connectivity index (χ1v) is 7.98. The molecule has 24 heavy (non-hydrogen) atoms. The van der Waals surface area contributed by atoms with E-state index in [4.69, 9.17) is 4.42 Å². The summed E-state index contributed by atoms with van der Waals surface area (Å²) in [6, 6.07) is 3.40. The SMILES string of the molecule is CC(C)(C)Nc1cnnc(N2CCN(C(=O)c3ccco3)CC2)n1. The number of hydrogen-bond donors (Lipinski definition) is 1. The molecular weight excluding hydrogens is 308 g/mol. The van der Waals surface area contributed by atoms with Gasteiger partial charge in [-0.15, -0.1) is 5.10 Å². The topological polar surface area (TPSA) is 87.4 Å². The number of anilines is 2. The lowest BCUT2D eigenvalue weighted by atomic mass is 10.1. The second kappa shape index (κ2) is 6.46. The molecular formula is C16H22N6O2. The molecule has 0 radical (unpaired) electrons. The Morgan fingerprint density at radius 3 is 2.62 bits per heavy atom. The summed E-state index contributed by atoms with van der Waals surface area (Å²) in [5, 5.41) is 11.4. The summed E-state index contributed by atoms with van der Waals surface area (Å²) in [7, 11) is 0. The van der Waals surface area contributed by atoms with Crippen LogP contribution in [0.2, 0.25) is 0 Å². The first-order valence-electron chi connectivity index (χ1n) is 7.98. The number of aromatic nitrogens is 3. The van der Waals surface area contributed by atoms with Gasteiger partial charge in [-0.05, 0) is 32.9 Å². The lowest BCUT2D eigenvalue weighted by molar-refractivity contribution is 0.0714. The number of piperazine rings is 1. The van der Waals surface area contributed by atoms with Crippen molar-refractivity contribution in [3.05, 3.63) is 30.4 Å². The van der Waals surface area contributed by atoms with E-state index in [1.165, 1.54) is 6.26 Å². The zero-order valence-electron chi connectivity index (χ0n) is 14.2. The van der Waals surface area contributed by atoms with Gasteiger partial charge in [0.2, 0.25) is 5.95 Å². The number of nitrogens with one attached hydrogen (secondary N) is 1. The van der Waals surface area contributed by atoms with Crippen LogP contribution >= 0.6 is 0 Å². The quantitative estimate of drug-likeness (QED) is 0.915. The molecule has 2 aromatic heterocycles. The molecule has 0 spiro atoms. The Morgan fingerprint density at radius 2 is 2.00 bits per heavy atom. The molecule has 0 unspecified atom stereocenters. The maximum Gasteiger partial charge on any atom is 0.289 e. The summed E-state index contributed by atoms with van der Waals surface area (Å²) in [6.07, 6.45) is 3.13. The Hall–Kier alpha value is -2.64. The third-order valence-electron chi connectivity index (χ3n) is 3.63. The molecule has 1 fully saturated rings. The summed E-state index contributed by atoms with van der Waals surface area (Å²) in [5.41, 5.74) is -0.0958. The Balaban J connectivity index is 1.62. The summed E-state index contributed by atoms with van der Waals surface area (Å²) >= 11 is 0. The third-order valence-corrected chi connectivity index (χ3v) is 3.63. The van der Waals surface area contributed by atoms with Gasteiger partial charge in [-0.1, -0.05) is 0 Å². The van der Waals surface area contributed by atoms with E-state index in [0.29, 0.717) is 43.7 Å². The smallest absolute Gasteiger partial charge is 0.289 e. The van der Waals surface area contributed by atoms with Gasteiger partial charge in [0.05, 0.1) is 12.5 Å². The van der Waals surface area contributed by atoms with Crippen molar-refractivity contribution in [3.63, 3.8) is 0 Å². The van der Waals surface area contributed by atoms with Gasteiger partial charge < -0.3 is 19.5 Å². The van der Waals surface area contributed by atoms with Crippen LogP contribution in [0.5, 0.6) is 0 Å². The third kappa shape index (κ3) is 3.81. The lowest BCUT2D eigenvalue weighted by Gasteiger charge is -2.34. The number of hydrogen-bond acceptors (Lipinski definition) is 7. The monoisotopic (exact) mass is 330 g/mol. The van der Waals surface area contributed by atoms with Crippen LogP contribution in [0.25, 0.3) is 0 Å². The fourth-order valence-electron chi connectivity index (χ4n) is 2.54. The molecule has 3 rings (SSSR count). The van der Waals surface area contributed by atoms with E-state index < -0.39 is 0 Å². The van der Waals surface area contributed by atoms with E-state index in [1.807, 2.05) is 4.90 Å². The van der Waals surface area contributed by atoms with E-state index in [2.05, 4.69) is 41.3 Å². The van der Waals surface area contributed by atoms with Crippen molar-refractivity contribution in [2.24, 2.45) is 0 Å². The molecule has 3 heterocycles. The van der Waals surface area contributed by atoms with Crippen LogP contribution in [0.1, 0.15) is 31.3 Å². The number of carbonyl (C=O) groups excluding carboxylic acids is 1. The normalized spacial score (nSPS) is 15.5. The van der Waals surface area contributed by atoms with Crippen LogP contribution in [0, 0.1) is 0 Å². The Morgan fingerprint density at radius 1 is 1.25 bits per heavy atom. The van der Waals surface area contributed by atoms with Crippen molar-refractivity contribution in [2.75, 3.05) is 36.4 Å². The van der Waals surface area contributed by atoms with E-state index >= 15 is 0 Å². The molecule has 128 valence electrons. The molecule has 2 aromatic rings. The van der Waals surface area contributed by atoms with Gasteiger partial charge in [0.25, 0.3) is 5.91 Å². The number of carbonyl (C=O) groups is 1. The first kappa shape index (κ1) is 16.2. The van der Waals surface area contributed by atoms with Gasteiger partial charge in [-0.3, -0.25) is 4.79 Å². The highest BCUT2D eigenvalue weighted by Crippen LogP contribution is 2.16. The van der Waals surface area contributed by atoms with Gasteiger partial charge in [0.1, 0.15) is 0 Å². The van der Waals surface area contributed by atoms with E-state index in [1.54, 1.807) is 23.2 Å². The minimum atomic E-state index is -0.0958. The zero-order valence-corrected chi connectivity index (χ0v) is 14.2. The van der Waals surface area contributed by atoms with Crippen molar-refractivity contribution in [1.82, 2.24) is 20.1 Å². The van der Waals surface area contributed by atoms with Crippen LogP contribution in [0.4, 0.5) is 11.8 Å². The minimum Gasteiger partial charge on any atom is -0.459 e. The number of furan rings is 1. The van der Waals surface area contributed by atoms with Crippen molar-refractivity contribution >= 4 is 17.7 Å². The molecule has 1 aliphatic heterocycles. The standard InChI is InChI=1S/C16H22N6O2/c1-16(2,3)19-13-11-17-20-15(18-13)22-8-6-21(7-9-22)14(23)12-5-4-10-24-12/h4-5,10-11H,6-9H2,1-3H3,(H,18,19,20). The average molecular weight is 330 g/mol. The summed E-state index contributed by atoms with van der Waals surface area (Å²) in [6.45, 7) is 8.70. The Labute approximate surface area is 140 Å². The van der Waals surface area contributed by atoms with E-state index in [9.17, 15) is 4.79 Å². The number of rotatable bonds is 3. The summed E-state index contributed by atoms with van der Waals surface area (Å²) < 4.78 is 5.17. The molecule has 1 saturated heterocycles. The number of amides is 1. The predicted octanol–water partition coefficient (Wildman–Crippen LogP) is 1.64. The molecule has 8 nitrogen and oxygen atoms in total. The van der Waals surface area contributed by atoms with Crippen LogP contribution in [-0.2, 0) is 0 Å². The Kier molecular flexibility index (Phi) is 4.37. The van der Waals surface area contributed by atoms with Crippen LogP contribution in [-0.4, -0.2) is 57.7 Å². The van der Waals surface area contributed by atoms with Gasteiger partial charge in [0, 0.05) is 31.7 Å². The van der Waals surface area contributed by atoms with Crippen LogP contribution in [0.15, 0.2) is 29.0 Å². The van der Waals surface area contributed by atoms with Crippen molar-refractivity contribution < 1.29 is 9.21 Å².